The molecule has 120 valence electrons. The van der Waals surface area contributed by atoms with Crippen molar-refractivity contribution in [3.05, 3.63) is 5.82 Å². The van der Waals surface area contributed by atoms with Crippen LogP contribution < -0.4 is 15.8 Å². The Kier molecular flexibility index (Phi) is 7.82. The maximum absolute atomic E-state index is 6.11. The highest BCUT2D eigenvalue weighted by atomic mass is 16.5. The SMILES string of the molecule is CCCc1nc(NCCCOC)c(N)c(OCC(C)C)n1. The van der Waals surface area contributed by atoms with Crippen LogP contribution in [0.5, 0.6) is 5.88 Å². The van der Waals surface area contributed by atoms with Crippen molar-refractivity contribution < 1.29 is 9.47 Å². The highest BCUT2D eigenvalue weighted by Crippen LogP contribution is 2.26. The first-order valence-electron chi connectivity index (χ1n) is 7.60. The summed E-state index contributed by atoms with van der Waals surface area (Å²) in [7, 11) is 1.69. The molecule has 0 aliphatic rings. The lowest BCUT2D eigenvalue weighted by atomic mass is 10.2. The van der Waals surface area contributed by atoms with Crippen molar-refractivity contribution in [1.29, 1.82) is 0 Å². The van der Waals surface area contributed by atoms with Gasteiger partial charge in [0.25, 0.3) is 0 Å². The Bertz CT molecular complexity index is 424. The largest absolute Gasteiger partial charge is 0.476 e. The van der Waals surface area contributed by atoms with E-state index < -0.39 is 0 Å². The summed E-state index contributed by atoms with van der Waals surface area (Å²) < 4.78 is 10.7. The minimum atomic E-state index is 0.423. The van der Waals surface area contributed by atoms with Gasteiger partial charge in [-0.25, -0.2) is 4.98 Å². The van der Waals surface area contributed by atoms with Gasteiger partial charge in [-0.15, -0.1) is 0 Å². The smallest absolute Gasteiger partial charge is 0.242 e. The normalized spacial score (nSPS) is 10.9. The van der Waals surface area contributed by atoms with Gasteiger partial charge in [-0.2, -0.15) is 4.98 Å². The van der Waals surface area contributed by atoms with Crippen LogP contribution in [0.1, 0.15) is 39.4 Å². The van der Waals surface area contributed by atoms with Crippen LogP contribution in [0.2, 0.25) is 0 Å². The van der Waals surface area contributed by atoms with Gasteiger partial charge in [0.15, 0.2) is 5.82 Å². The third-order valence-electron chi connectivity index (χ3n) is 2.80. The van der Waals surface area contributed by atoms with Crippen LogP contribution in [0, 0.1) is 5.92 Å². The quantitative estimate of drug-likeness (QED) is 0.646. The molecule has 0 saturated heterocycles. The van der Waals surface area contributed by atoms with Crippen LogP contribution in [0.3, 0.4) is 0 Å². The average molecular weight is 296 g/mol. The molecule has 0 amide bonds. The van der Waals surface area contributed by atoms with Crippen molar-refractivity contribution in [3.8, 4) is 5.88 Å². The Hall–Kier alpha value is -1.56. The van der Waals surface area contributed by atoms with E-state index in [2.05, 4.69) is 36.1 Å². The predicted octanol–water partition coefficient (Wildman–Crippen LogP) is 2.49. The van der Waals surface area contributed by atoms with Gasteiger partial charge < -0.3 is 20.5 Å². The summed E-state index contributed by atoms with van der Waals surface area (Å²) in [5.74, 6) is 2.33. The molecule has 0 fully saturated rings. The first kappa shape index (κ1) is 17.5. The minimum absolute atomic E-state index is 0.423. The molecule has 0 aliphatic heterocycles. The van der Waals surface area contributed by atoms with Gasteiger partial charge in [-0.3, -0.25) is 0 Å². The molecule has 6 nitrogen and oxygen atoms in total. The van der Waals surface area contributed by atoms with E-state index in [9.17, 15) is 0 Å². The highest BCUT2D eigenvalue weighted by molar-refractivity contribution is 5.66. The Balaban J connectivity index is 2.82. The van der Waals surface area contributed by atoms with Crippen LogP contribution in [0.25, 0.3) is 0 Å². The Morgan fingerprint density at radius 2 is 2.05 bits per heavy atom. The van der Waals surface area contributed by atoms with E-state index in [-0.39, 0.29) is 0 Å². The van der Waals surface area contributed by atoms with Gasteiger partial charge in [0.1, 0.15) is 11.5 Å². The fourth-order valence-corrected chi connectivity index (χ4v) is 1.74. The zero-order valence-electron chi connectivity index (χ0n) is 13.6. The molecule has 0 unspecified atom stereocenters. The molecule has 0 saturated carbocycles. The highest BCUT2D eigenvalue weighted by Gasteiger charge is 2.13. The topological polar surface area (TPSA) is 82.3 Å². The van der Waals surface area contributed by atoms with Crippen molar-refractivity contribution in [2.24, 2.45) is 5.92 Å². The summed E-state index contributed by atoms with van der Waals surface area (Å²) >= 11 is 0. The lowest BCUT2D eigenvalue weighted by molar-refractivity contribution is 0.197. The third-order valence-corrected chi connectivity index (χ3v) is 2.80. The number of aryl methyl sites for hydroxylation is 1. The summed E-state index contributed by atoms with van der Waals surface area (Å²) in [6, 6.07) is 0. The number of aromatic nitrogens is 2. The zero-order chi connectivity index (χ0) is 15.7. The number of hydrogen-bond donors (Lipinski definition) is 2. The Labute approximate surface area is 127 Å². The van der Waals surface area contributed by atoms with E-state index >= 15 is 0 Å². The molecule has 21 heavy (non-hydrogen) atoms. The number of hydrogen-bond acceptors (Lipinski definition) is 6. The molecule has 1 heterocycles. The lowest BCUT2D eigenvalue weighted by Crippen LogP contribution is -2.14. The number of nitrogen functional groups attached to an aromatic ring is 1. The van der Waals surface area contributed by atoms with E-state index in [4.69, 9.17) is 15.2 Å². The van der Waals surface area contributed by atoms with Gasteiger partial charge >= 0.3 is 0 Å². The maximum atomic E-state index is 6.11. The fourth-order valence-electron chi connectivity index (χ4n) is 1.74. The second-order valence-corrected chi connectivity index (χ2v) is 5.44. The minimum Gasteiger partial charge on any atom is -0.476 e. The van der Waals surface area contributed by atoms with E-state index in [0.717, 1.165) is 31.6 Å². The number of methoxy groups -OCH3 is 1. The molecular formula is C15H28N4O2. The van der Waals surface area contributed by atoms with Gasteiger partial charge in [-0.1, -0.05) is 20.8 Å². The van der Waals surface area contributed by atoms with Gasteiger partial charge in [0.05, 0.1) is 6.61 Å². The molecule has 3 N–H and O–H groups in total. The first-order chi connectivity index (χ1) is 10.1. The van der Waals surface area contributed by atoms with E-state index in [1.807, 2.05) is 0 Å². The molecule has 0 radical (unpaired) electrons. The summed E-state index contributed by atoms with van der Waals surface area (Å²) in [4.78, 5) is 8.90. The number of nitrogens with two attached hydrogens (primary N) is 1. The Morgan fingerprint density at radius 3 is 2.67 bits per heavy atom. The summed E-state index contributed by atoms with van der Waals surface area (Å²) in [6.07, 6.45) is 2.69. The standard InChI is InChI=1S/C15H28N4O2/c1-5-7-12-18-14(17-8-6-9-20-4)13(16)15(19-12)21-10-11(2)3/h11H,5-10,16H2,1-4H3,(H,17,18,19). The molecule has 0 aliphatic carbocycles. The molecular weight excluding hydrogens is 268 g/mol. The van der Waals surface area contributed by atoms with Crippen LogP contribution in [0.4, 0.5) is 11.5 Å². The molecule has 0 atom stereocenters. The number of nitrogens with zero attached hydrogens (tertiary/aromatic N) is 2. The summed E-state index contributed by atoms with van der Waals surface area (Å²) in [5, 5.41) is 3.24. The number of nitrogens with one attached hydrogen (secondary N) is 1. The third kappa shape index (κ3) is 6.16. The predicted molar refractivity (Wildman–Crippen MR) is 85.8 cm³/mol. The summed E-state index contributed by atoms with van der Waals surface area (Å²) in [5.41, 5.74) is 6.59. The van der Waals surface area contributed by atoms with Crippen LogP contribution in [-0.4, -0.2) is 36.8 Å². The second-order valence-electron chi connectivity index (χ2n) is 5.44. The van der Waals surface area contributed by atoms with Gasteiger partial charge in [0, 0.05) is 26.7 Å². The van der Waals surface area contributed by atoms with Crippen LogP contribution in [0.15, 0.2) is 0 Å². The summed E-state index contributed by atoms with van der Waals surface area (Å²) in [6.45, 7) is 8.33. The van der Waals surface area contributed by atoms with Crippen molar-refractivity contribution in [1.82, 2.24) is 9.97 Å². The molecule has 0 bridgehead atoms. The van der Waals surface area contributed by atoms with Crippen molar-refractivity contribution in [2.75, 3.05) is 37.9 Å². The second kappa shape index (κ2) is 9.39. The fraction of sp³-hybridized carbons (Fsp3) is 0.733. The number of anilines is 2. The Morgan fingerprint density at radius 1 is 1.29 bits per heavy atom. The molecule has 0 aromatic carbocycles. The molecule has 6 heteroatoms. The van der Waals surface area contributed by atoms with E-state index in [1.54, 1.807) is 7.11 Å². The monoisotopic (exact) mass is 296 g/mol. The molecule has 1 aromatic rings. The van der Waals surface area contributed by atoms with Crippen LogP contribution in [-0.2, 0) is 11.2 Å². The lowest BCUT2D eigenvalue weighted by Gasteiger charge is -2.15. The first-order valence-corrected chi connectivity index (χ1v) is 7.60. The van der Waals surface area contributed by atoms with Gasteiger partial charge in [-0.05, 0) is 18.8 Å². The van der Waals surface area contributed by atoms with Gasteiger partial charge in [0.2, 0.25) is 5.88 Å². The van der Waals surface area contributed by atoms with E-state index in [0.29, 0.717) is 36.5 Å². The molecule has 1 aromatic heterocycles. The van der Waals surface area contributed by atoms with Crippen molar-refractivity contribution >= 4 is 11.5 Å². The molecule has 0 spiro atoms. The van der Waals surface area contributed by atoms with Crippen molar-refractivity contribution in [3.63, 3.8) is 0 Å². The average Bonchev–Trinajstić information content (AvgIpc) is 2.45. The van der Waals surface area contributed by atoms with E-state index in [1.165, 1.54) is 0 Å². The number of rotatable bonds is 10. The van der Waals surface area contributed by atoms with Crippen LogP contribution >= 0.6 is 0 Å². The maximum Gasteiger partial charge on any atom is 0.242 e. The molecule has 1 rings (SSSR count). The number of ether oxygens (including phenoxy) is 2. The van der Waals surface area contributed by atoms with Crippen molar-refractivity contribution in [2.45, 2.75) is 40.0 Å². The zero-order valence-corrected chi connectivity index (χ0v) is 13.6.